The lowest BCUT2D eigenvalue weighted by molar-refractivity contribution is -0.134. The number of rotatable bonds is 6. The first-order chi connectivity index (χ1) is 13.0. The molecule has 1 aromatic carbocycles. The smallest absolute Gasteiger partial charge is 0.325 e. The maximum Gasteiger partial charge on any atom is 0.325 e. The number of carbonyl (C=O) groups is 3. The Hall–Kier alpha value is -2.57. The van der Waals surface area contributed by atoms with Crippen LogP contribution < -0.4 is 15.5 Å². The van der Waals surface area contributed by atoms with E-state index in [1.807, 2.05) is 38.1 Å². The fraction of sp³-hybridized carbons (Fsp3) is 0.550. The standard InChI is InChI=1S/C20H28N4O3/c1-3-20(4-2)18(26)24(19(27)22-20)14-17(25)21-15-10-6-7-11-16(15)23-12-8-5-9-13-23/h6-7,10-11H,3-5,8-9,12-14H2,1-2H3,(H,21,25)(H,22,27). The Kier molecular flexibility index (Phi) is 5.68. The van der Waals surface area contributed by atoms with Crippen LogP contribution in [0.4, 0.5) is 16.2 Å². The van der Waals surface area contributed by atoms with Gasteiger partial charge in [0.05, 0.1) is 11.4 Å². The van der Waals surface area contributed by atoms with E-state index in [0.29, 0.717) is 18.5 Å². The topological polar surface area (TPSA) is 81.8 Å². The van der Waals surface area contributed by atoms with E-state index < -0.39 is 11.6 Å². The summed E-state index contributed by atoms with van der Waals surface area (Å²) in [6, 6.07) is 7.18. The minimum Gasteiger partial charge on any atom is -0.370 e. The maximum absolute atomic E-state index is 12.7. The van der Waals surface area contributed by atoms with Gasteiger partial charge >= 0.3 is 6.03 Å². The molecule has 2 fully saturated rings. The van der Waals surface area contributed by atoms with Gasteiger partial charge in [-0.1, -0.05) is 26.0 Å². The molecule has 27 heavy (non-hydrogen) atoms. The number of para-hydroxylation sites is 2. The van der Waals surface area contributed by atoms with E-state index in [0.717, 1.165) is 36.5 Å². The molecule has 0 unspecified atom stereocenters. The fourth-order valence-corrected chi connectivity index (χ4v) is 3.87. The summed E-state index contributed by atoms with van der Waals surface area (Å²) in [5.41, 5.74) is 0.816. The van der Waals surface area contributed by atoms with Crippen molar-refractivity contribution in [2.75, 3.05) is 29.9 Å². The van der Waals surface area contributed by atoms with Gasteiger partial charge < -0.3 is 15.5 Å². The molecule has 0 aliphatic carbocycles. The van der Waals surface area contributed by atoms with Crippen molar-refractivity contribution >= 4 is 29.2 Å². The Morgan fingerprint density at radius 3 is 2.41 bits per heavy atom. The van der Waals surface area contributed by atoms with Crippen LogP contribution >= 0.6 is 0 Å². The van der Waals surface area contributed by atoms with Crippen molar-refractivity contribution < 1.29 is 14.4 Å². The number of anilines is 2. The number of urea groups is 1. The number of hydrogen-bond acceptors (Lipinski definition) is 4. The van der Waals surface area contributed by atoms with Crippen LogP contribution in [0.2, 0.25) is 0 Å². The van der Waals surface area contributed by atoms with Gasteiger partial charge in [0.1, 0.15) is 12.1 Å². The summed E-state index contributed by atoms with van der Waals surface area (Å²) in [4.78, 5) is 40.8. The lowest BCUT2D eigenvalue weighted by Crippen LogP contribution is -2.46. The second-order valence-electron chi connectivity index (χ2n) is 7.22. The van der Waals surface area contributed by atoms with E-state index in [1.165, 1.54) is 6.42 Å². The van der Waals surface area contributed by atoms with Gasteiger partial charge in [0.25, 0.3) is 5.91 Å². The Bertz CT molecular complexity index is 724. The lowest BCUT2D eigenvalue weighted by atomic mass is 9.93. The summed E-state index contributed by atoms with van der Waals surface area (Å²) in [5, 5.41) is 5.63. The predicted molar refractivity (Wildman–Crippen MR) is 105 cm³/mol. The molecule has 2 saturated heterocycles. The van der Waals surface area contributed by atoms with Crippen molar-refractivity contribution in [2.24, 2.45) is 0 Å². The van der Waals surface area contributed by atoms with Crippen molar-refractivity contribution in [3.8, 4) is 0 Å². The molecule has 0 spiro atoms. The van der Waals surface area contributed by atoms with Crippen LogP contribution in [0.3, 0.4) is 0 Å². The summed E-state index contributed by atoms with van der Waals surface area (Å²) in [7, 11) is 0. The molecule has 7 heteroatoms. The first-order valence-corrected chi connectivity index (χ1v) is 9.78. The third kappa shape index (κ3) is 3.77. The molecule has 2 aliphatic heterocycles. The molecular formula is C20H28N4O3. The molecule has 0 bridgehead atoms. The van der Waals surface area contributed by atoms with E-state index in [-0.39, 0.29) is 18.4 Å². The predicted octanol–water partition coefficient (Wildman–Crippen LogP) is 2.73. The van der Waals surface area contributed by atoms with Crippen LogP contribution in [-0.4, -0.2) is 47.9 Å². The third-order valence-electron chi connectivity index (χ3n) is 5.63. The highest BCUT2D eigenvalue weighted by atomic mass is 16.2. The van der Waals surface area contributed by atoms with Gasteiger partial charge in [-0.2, -0.15) is 0 Å². The van der Waals surface area contributed by atoms with Crippen LogP contribution in [-0.2, 0) is 9.59 Å². The Balaban J connectivity index is 1.70. The molecule has 2 N–H and O–H groups in total. The van der Waals surface area contributed by atoms with Crippen LogP contribution in [0.1, 0.15) is 46.0 Å². The highest BCUT2D eigenvalue weighted by Gasteiger charge is 2.49. The van der Waals surface area contributed by atoms with Crippen LogP contribution in [0.15, 0.2) is 24.3 Å². The largest absolute Gasteiger partial charge is 0.370 e. The molecule has 7 nitrogen and oxygen atoms in total. The van der Waals surface area contributed by atoms with E-state index in [1.54, 1.807) is 0 Å². The van der Waals surface area contributed by atoms with E-state index in [9.17, 15) is 14.4 Å². The van der Waals surface area contributed by atoms with Gasteiger partial charge in [0.15, 0.2) is 0 Å². The monoisotopic (exact) mass is 372 g/mol. The van der Waals surface area contributed by atoms with Gasteiger partial charge in [-0.3, -0.25) is 14.5 Å². The normalized spacial score (nSPS) is 19.2. The lowest BCUT2D eigenvalue weighted by Gasteiger charge is -2.30. The average molecular weight is 372 g/mol. The zero-order chi connectivity index (χ0) is 19.4. The number of benzene rings is 1. The van der Waals surface area contributed by atoms with Crippen molar-refractivity contribution in [1.82, 2.24) is 10.2 Å². The summed E-state index contributed by atoms with van der Waals surface area (Å²) in [5.74, 6) is -0.692. The molecular weight excluding hydrogens is 344 g/mol. The van der Waals surface area contributed by atoms with Crippen molar-refractivity contribution in [1.29, 1.82) is 0 Å². The van der Waals surface area contributed by atoms with Crippen molar-refractivity contribution in [3.63, 3.8) is 0 Å². The fourth-order valence-electron chi connectivity index (χ4n) is 3.87. The van der Waals surface area contributed by atoms with E-state index >= 15 is 0 Å². The first-order valence-electron chi connectivity index (χ1n) is 9.78. The molecule has 0 saturated carbocycles. The molecule has 0 radical (unpaired) electrons. The average Bonchev–Trinajstić information content (AvgIpc) is 2.93. The molecule has 4 amide bonds. The maximum atomic E-state index is 12.7. The molecule has 3 rings (SSSR count). The third-order valence-corrected chi connectivity index (χ3v) is 5.63. The Morgan fingerprint density at radius 2 is 1.78 bits per heavy atom. The number of imide groups is 1. The van der Waals surface area contributed by atoms with Crippen molar-refractivity contribution in [3.05, 3.63) is 24.3 Å². The van der Waals surface area contributed by atoms with Gasteiger partial charge in [0, 0.05) is 13.1 Å². The summed E-state index contributed by atoms with van der Waals surface area (Å²) >= 11 is 0. The first kappa shape index (κ1) is 19.2. The molecule has 2 aliphatic rings. The van der Waals surface area contributed by atoms with Gasteiger partial charge in [0.2, 0.25) is 5.91 Å². The highest BCUT2D eigenvalue weighted by Crippen LogP contribution is 2.29. The SMILES string of the molecule is CCC1(CC)NC(=O)N(CC(=O)Nc2ccccc2N2CCCCC2)C1=O. The number of carbonyl (C=O) groups excluding carboxylic acids is 3. The summed E-state index contributed by atoms with van der Waals surface area (Å²) in [6.07, 6.45) is 4.52. The molecule has 0 aromatic heterocycles. The van der Waals surface area contributed by atoms with Gasteiger partial charge in [-0.05, 0) is 44.2 Å². The van der Waals surface area contributed by atoms with E-state index in [2.05, 4.69) is 15.5 Å². The van der Waals surface area contributed by atoms with Crippen LogP contribution in [0, 0.1) is 0 Å². The van der Waals surface area contributed by atoms with Gasteiger partial charge in [-0.25, -0.2) is 4.79 Å². The Labute approximate surface area is 160 Å². The summed E-state index contributed by atoms with van der Waals surface area (Å²) in [6.45, 7) is 5.38. The zero-order valence-corrected chi connectivity index (χ0v) is 16.1. The molecule has 1 aromatic rings. The number of nitrogens with one attached hydrogen (secondary N) is 2. The molecule has 2 heterocycles. The second kappa shape index (κ2) is 7.98. The minimum absolute atomic E-state index is 0.277. The molecule has 146 valence electrons. The summed E-state index contributed by atoms with van der Waals surface area (Å²) < 4.78 is 0. The number of nitrogens with zero attached hydrogens (tertiary/aromatic N) is 2. The second-order valence-corrected chi connectivity index (χ2v) is 7.22. The Morgan fingerprint density at radius 1 is 1.11 bits per heavy atom. The van der Waals surface area contributed by atoms with Gasteiger partial charge in [-0.15, -0.1) is 0 Å². The van der Waals surface area contributed by atoms with E-state index in [4.69, 9.17) is 0 Å². The quantitative estimate of drug-likeness (QED) is 0.753. The van der Waals surface area contributed by atoms with Crippen molar-refractivity contribution in [2.45, 2.75) is 51.5 Å². The molecule has 0 atom stereocenters. The highest BCUT2D eigenvalue weighted by molar-refractivity contribution is 6.10. The number of piperidine rings is 1. The minimum atomic E-state index is -0.886. The zero-order valence-electron chi connectivity index (χ0n) is 16.1. The number of amides is 4. The van der Waals surface area contributed by atoms with Crippen LogP contribution in [0.25, 0.3) is 0 Å². The van der Waals surface area contributed by atoms with Crippen LogP contribution in [0.5, 0.6) is 0 Å². The number of hydrogen-bond donors (Lipinski definition) is 2.